The van der Waals surface area contributed by atoms with Gasteiger partial charge in [-0.25, -0.2) is 0 Å². The lowest BCUT2D eigenvalue weighted by Gasteiger charge is -2.31. The van der Waals surface area contributed by atoms with Crippen molar-refractivity contribution in [3.63, 3.8) is 0 Å². The van der Waals surface area contributed by atoms with Crippen molar-refractivity contribution in [3.8, 4) is 0 Å². The summed E-state index contributed by atoms with van der Waals surface area (Å²) in [5, 5.41) is 2.41. The summed E-state index contributed by atoms with van der Waals surface area (Å²) < 4.78 is 0. The first-order valence-electron chi connectivity index (χ1n) is 8.23. The first-order valence-corrected chi connectivity index (χ1v) is 9.49. The van der Waals surface area contributed by atoms with Crippen LogP contribution in [0.1, 0.15) is 32.9 Å². The van der Waals surface area contributed by atoms with Gasteiger partial charge in [-0.15, -0.1) is 11.3 Å². The summed E-state index contributed by atoms with van der Waals surface area (Å²) in [4.78, 5) is 39.0. The van der Waals surface area contributed by atoms with E-state index >= 15 is 0 Å². The van der Waals surface area contributed by atoms with Crippen LogP contribution in [0.4, 0.5) is 0 Å². The van der Waals surface area contributed by atoms with Crippen LogP contribution >= 0.6 is 22.9 Å². The minimum atomic E-state index is -0.402. The third-order valence-corrected chi connectivity index (χ3v) is 5.40. The second-order valence-corrected chi connectivity index (χ2v) is 7.38. The van der Waals surface area contributed by atoms with Gasteiger partial charge in [0.05, 0.1) is 4.88 Å². The van der Waals surface area contributed by atoms with Crippen LogP contribution < -0.4 is 10.9 Å². The Morgan fingerprint density at radius 3 is 2.35 bits per heavy atom. The third-order valence-electron chi connectivity index (χ3n) is 4.29. The van der Waals surface area contributed by atoms with Crippen molar-refractivity contribution in [2.24, 2.45) is 5.92 Å². The van der Waals surface area contributed by atoms with Gasteiger partial charge in [0.25, 0.3) is 11.8 Å². The minimum absolute atomic E-state index is 0.00917. The van der Waals surface area contributed by atoms with E-state index in [9.17, 15) is 14.4 Å². The van der Waals surface area contributed by atoms with E-state index in [1.165, 1.54) is 11.3 Å². The monoisotopic (exact) mass is 391 g/mol. The van der Waals surface area contributed by atoms with E-state index in [-0.39, 0.29) is 17.7 Å². The van der Waals surface area contributed by atoms with E-state index in [2.05, 4.69) is 10.9 Å². The van der Waals surface area contributed by atoms with Crippen molar-refractivity contribution in [1.29, 1.82) is 0 Å². The second-order valence-electron chi connectivity index (χ2n) is 5.99. The van der Waals surface area contributed by atoms with Crippen molar-refractivity contribution in [1.82, 2.24) is 15.8 Å². The lowest BCUT2D eigenvalue weighted by molar-refractivity contribution is -0.127. The van der Waals surface area contributed by atoms with Crippen molar-refractivity contribution in [2.45, 2.75) is 12.8 Å². The summed E-state index contributed by atoms with van der Waals surface area (Å²) in [6.45, 7) is 1.06. The molecule has 26 heavy (non-hydrogen) atoms. The van der Waals surface area contributed by atoms with Gasteiger partial charge in [0.2, 0.25) is 5.91 Å². The average molecular weight is 392 g/mol. The number of thiophene rings is 1. The van der Waals surface area contributed by atoms with E-state index in [4.69, 9.17) is 11.6 Å². The molecule has 2 aromatic rings. The molecular weight excluding hydrogens is 374 g/mol. The zero-order chi connectivity index (χ0) is 18.5. The molecule has 1 aromatic heterocycles. The summed E-state index contributed by atoms with van der Waals surface area (Å²) in [5.41, 5.74) is 5.28. The van der Waals surface area contributed by atoms with Gasteiger partial charge in [0.15, 0.2) is 0 Å². The Hall–Kier alpha value is -2.38. The summed E-state index contributed by atoms with van der Waals surface area (Å²) in [7, 11) is 0. The molecule has 8 heteroatoms. The molecule has 2 heterocycles. The first kappa shape index (κ1) is 18.4. The highest BCUT2D eigenvalue weighted by Gasteiger charge is 2.28. The molecule has 0 spiro atoms. The Morgan fingerprint density at radius 1 is 1.04 bits per heavy atom. The Balaban J connectivity index is 1.45. The van der Waals surface area contributed by atoms with Crippen LogP contribution in [0.15, 0.2) is 41.8 Å². The van der Waals surface area contributed by atoms with Crippen LogP contribution in [-0.2, 0) is 4.79 Å². The van der Waals surface area contributed by atoms with Crippen molar-refractivity contribution in [3.05, 3.63) is 57.2 Å². The number of nitrogens with zero attached hydrogens (tertiary/aromatic N) is 1. The number of hydrazine groups is 1. The SMILES string of the molecule is O=C(NNC(=O)C1CCN(C(=O)c2cccs2)CC1)c1ccc(Cl)cc1. The normalized spacial score (nSPS) is 14.7. The fraction of sp³-hybridized carbons (Fsp3) is 0.278. The van der Waals surface area contributed by atoms with Crippen molar-refractivity contribution >= 4 is 40.7 Å². The molecular formula is C18H18ClN3O3S. The van der Waals surface area contributed by atoms with E-state index in [0.29, 0.717) is 41.4 Å². The summed E-state index contributed by atoms with van der Waals surface area (Å²) in [6, 6.07) is 10.0. The van der Waals surface area contributed by atoms with Gasteiger partial charge in [-0.3, -0.25) is 25.2 Å². The molecule has 1 aromatic carbocycles. The zero-order valence-corrected chi connectivity index (χ0v) is 15.5. The molecule has 3 amide bonds. The molecule has 1 aliphatic rings. The smallest absolute Gasteiger partial charge is 0.269 e. The van der Waals surface area contributed by atoms with Gasteiger partial charge in [-0.2, -0.15) is 0 Å². The Bertz CT molecular complexity index is 785. The maximum atomic E-state index is 12.3. The predicted molar refractivity (Wildman–Crippen MR) is 100 cm³/mol. The molecule has 0 atom stereocenters. The number of amides is 3. The van der Waals surface area contributed by atoms with Crippen LogP contribution in [-0.4, -0.2) is 35.7 Å². The summed E-state index contributed by atoms with van der Waals surface area (Å²) in [6.07, 6.45) is 1.14. The number of hydrogen-bond donors (Lipinski definition) is 2. The molecule has 2 N–H and O–H groups in total. The molecule has 3 rings (SSSR count). The Kier molecular flexibility index (Phi) is 5.90. The molecule has 6 nitrogen and oxygen atoms in total. The van der Waals surface area contributed by atoms with Gasteiger partial charge < -0.3 is 4.90 Å². The summed E-state index contributed by atoms with van der Waals surface area (Å²) in [5.74, 6) is -0.862. The quantitative estimate of drug-likeness (QED) is 0.789. The molecule has 1 fully saturated rings. The molecule has 0 radical (unpaired) electrons. The number of likely N-dealkylation sites (tertiary alicyclic amines) is 1. The van der Waals surface area contributed by atoms with Crippen LogP contribution in [0, 0.1) is 5.92 Å². The van der Waals surface area contributed by atoms with Crippen molar-refractivity contribution < 1.29 is 14.4 Å². The fourth-order valence-electron chi connectivity index (χ4n) is 2.79. The predicted octanol–water partition coefficient (Wildman–Crippen LogP) is 2.71. The van der Waals surface area contributed by atoms with Crippen molar-refractivity contribution in [2.75, 3.05) is 13.1 Å². The minimum Gasteiger partial charge on any atom is -0.338 e. The molecule has 136 valence electrons. The van der Waals surface area contributed by atoms with E-state index in [1.807, 2.05) is 11.4 Å². The highest BCUT2D eigenvalue weighted by atomic mass is 35.5. The van der Waals surface area contributed by atoms with E-state index < -0.39 is 5.91 Å². The standard InChI is InChI=1S/C18H18ClN3O3S/c19-14-5-3-12(4-6-14)16(23)20-21-17(24)13-7-9-22(10-8-13)18(25)15-2-1-11-26-15/h1-6,11,13H,7-10H2,(H,20,23)(H,21,24). The topological polar surface area (TPSA) is 78.5 Å². The number of benzene rings is 1. The molecule has 0 aliphatic carbocycles. The van der Waals surface area contributed by atoms with E-state index in [0.717, 1.165) is 0 Å². The second kappa shape index (κ2) is 8.33. The fourth-order valence-corrected chi connectivity index (χ4v) is 3.61. The van der Waals surface area contributed by atoms with Gasteiger partial charge in [0, 0.05) is 29.6 Å². The molecule has 0 bridgehead atoms. The number of nitrogens with one attached hydrogen (secondary N) is 2. The lowest BCUT2D eigenvalue weighted by atomic mass is 9.96. The first-order chi connectivity index (χ1) is 12.5. The number of piperidine rings is 1. The van der Waals surface area contributed by atoms with E-state index in [1.54, 1.807) is 35.2 Å². The van der Waals surface area contributed by atoms with Gasteiger partial charge in [-0.1, -0.05) is 17.7 Å². The van der Waals surface area contributed by atoms with Gasteiger partial charge in [-0.05, 0) is 48.6 Å². The maximum absolute atomic E-state index is 12.3. The average Bonchev–Trinajstić information content (AvgIpc) is 3.20. The molecule has 1 saturated heterocycles. The number of rotatable bonds is 3. The number of hydrogen-bond acceptors (Lipinski definition) is 4. The largest absolute Gasteiger partial charge is 0.338 e. The number of carbonyl (C=O) groups excluding carboxylic acids is 3. The number of halogens is 1. The third kappa shape index (κ3) is 4.42. The number of carbonyl (C=O) groups is 3. The zero-order valence-electron chi connectivity index (χ0n) is 13.9. The molecule has 0 unspecified atom stereocenters. The summed E-state index contributed by atoms with van der Waals surface area (Å²) >= 11 is 7.20. The Labute approximate surface area is 160 Å². The van der Waals surface area contributed by atoms with Crippen LogP contribution in [0.2, 0.25) is 5.02 Å². The van der Waals surface area contributed by atoms with Crippen LogP contribution in [0.25, 0.3) is 0 Å². The van der Waals surface area contributed by atoms with Crippen LogP contribution in [0.5, 0.6) is 0 Å². The highest BCUT2D eigenvalue weighted by molar-refractivity contribution is 7.12. The molecule has 1 aliphatic heterocycles. The lowest BCUT2D eigenvalue weighted by Crippen LogP contribution is -2.48. The molecule has 0 saturated carbocycles. The van der Waals surface area contributed by atoms with Crippen LogP contribution in [0.3, 0.4) is 0 Å². The van der Waals surface area contributed by atoms with Gasteiger partial charge in [0.1, 0.15) is 0 Å². The van der Waals surface area contributed by atoms with Gasteiger partial charge >= 0.3 is 0 Å². The highest BCUT2D eigenvalue weighted by Crippen LogP contribution is 2.20. The maximum Gasteiger partial charge on any atom is 0.269 e. The Morgan fingerprint density at radius 2 is 1.73 bits per heavy atom.